The smallest absolute Gasteiger partial charge is 0.0361 e. The van der Waals surface area contributed by atoms with Crippen LogP contribution in [0, 0.1) is 5.92 Å². The number of nitrogens with zero attached hydrogens (tertiary/aromatic N) is 2. The fourth-order valence-electron chi connectivity index (χ4n) is 3.22. The van der Waals surface area contributed by atoms with Gasteiger partial charge in [-0.25, -0.2) is 0 Å². The highest BCUT2D eigenvalue weighted by atomic mass is 15.1. The van der Waals surface area contributed by atoms with Gasteiger partial charge < -0.3 is 10.2 Å². The van der Waals surface area contributed by atoms with Crippen molar-refractivity contribution in [1.82, 2.24) is 10.2 Å². The number of nitrogens with one attached hydrogen (secondary N) is 1. The number of hydrogen-bond donors (Lipinski definition) is 1. The minimum atomic E-state index is 0.501. The Hall–Kier alpha value is -1.06. The molecule has 1 fully saturated rings. The summed E-state index contributed by atoms with van der Waals surface area (Å²) in [4.78, 5) is 4.78. The molecule has 2 rings (SSSR count). The van der Waals surface area contributed by atoms with Gasteiger partial charge in [0.2, 0.25) is 0 Å². The van der Waals surface area contributed by atoms with Gasteiger partial charge in [0.1, 0.15) is 0 Å². The van der Waals surface area contributed by atoms with Gasteiger partial charge in [0.15, 0.2) is 0 Å². The first-order chi connectivity index (χ1) is 10.1. The van der Waals surface area contributed by atoms with Crippen molar-refractivity contribution in [2.24, 2.45) is 5.92 Å². The Balaban J connectivity index is 1.99. The molecule has 1 aliphatic heterocycles. The molecular weight excluding hydrogens is 258 g/mol. The summed E-state index contributed by atoms with van der Waals surface area (Å²) in [6.45, 7) is 9.36. The minimum absolute atomic E-state index is 0.501. The van der Waals surface area contributed by atoms with Gasteiger partial charge in [-0.3, -0.25) is 4.90 Å². The van der Waals surface area contributed by atoms with E-state index in [0.717, 1.165) is 12.5 Å². The number of benzene rings is 1. The summed E-state index contributed by atoms with van der Waals surface area (Å²) in [7, 11) is 4.18. The molecule has 0 aromatic heterocycles. The average Bonchev–Trinajstić information content (AvgIpc) is 2.53. The summed E-state index contributed by atoms with van der Waals surface area (Å²) >= 11 is 0. The van der Waals surface area contributed by atoms with Crippen molar-refractivity contribution in [3.8, 4) is 0 Å². The lowest BCUT2D eigenvalue weighted by Crippen LogP contribution is -2.37. The first kappa shape index (κ1) is 16.3. The second-order valence-corrected chi connectivity index (χ2v) is 6.44. The molecule has 0 aliphatic carbocycles. The van der Waals surface area contributed by atoms with Crippen molar-refractivity contribution in [3.05, 3.63) is 29.8 Å². The second-order valence-electron chi connectivity index (χ2n) is 6.44. The third-order valence-corrected chi connectivity index (χ3v) is 4.80. The summed E-state index contributed by atoms with van der Waals surface area (Å²) in [6, 6.07) is 9.52. The van der Waals surface area contributed by atoms with E-state index < -0.39 is 0 Å². The van der Waals surface area contributed by atoms with Crippen LogP contribution in [0.5, 0.6) is 0 Å². The standard InChI is InChI=1S/C18H31N3/c1-5-21(14-16-10-12-19-13-11-16)15(2)17-6-8-18(9-7-17)20(3)4/h6-9,15-16,19H,5,10-14H2,1-4H3. The van der Waals surface area contributed by atoms with Gasteiger partial charge >= 0.3 is 0 Å². The van der Waals surface area contributed by atoms with Crippen LogP contribution in [-0.4, -0.2) is 45.2 Å². The van der Waals surface area contributed by atoms with E-state index in [9.17, 15) is 0 Å². The summed E-state index contributed by atoms with van der Waals surface area (Å²) in [5, 5.41) is 3.46. The zero-order valence-electron chi connectivity index (χ0n) is 14.1. The molecule has 3 heteroatoms. The van der Waals surface area contributed by atoms with Crippen molar-refractivity contribution in [3.63, 3.8) is 0 Å². The molecule has 1 atom stereocenters. The topological polar surface area (TPSA) is 18.5 Å². The van der Waals surface area contributed by atoms with Crippen LogP contribution >= 0.6 is 0 Å². The molecule has 1 N–H and O–H groups in total. The Labute approximate surface area is 130 Å². The maximum atomic E-state index is 3.46. The molecule has 3 nitrogen and oxygen atoms in total. The lowest BCUT2D eigenvalue weighted by Gasteiger charge is -2.33. The number of piperidine rings is 1. The van der Waals surface area contributed by atoms with E-state index in [0.29, 0.717) is 6.04 Å². The molecule has 1 aromatic carbocycles. The molecule has 21 heavy (non-hydrogen) atoms. The van der Waals surface area contributed by atoms with Gasteiger partial charge in [0, 0.05) is 32.4 Å². The summed E-state index contributed by atoms with van der Waals surface area (Å²) in [5.74, 6) is 0.856. The highest BCUT2D eigenvalue weighted by Gasteiger charge is 2.20. The lowest BCUT2D eigenvalue weighted by molar-refractivity contribution is 0.169. The maximum absolute atomic E-state index is 3.46. The molecule has 1 aliphatic rings. The summed E-state index contributed by atoms with van der Waals surface area (Å²) in [6.07, 6.45) is 2.64. The molecule has 1 aromatic rings. The summed E-state index contributed by atoms with van der Waals surface area (Å²) in [5.41, 5.74) is 2.70. The van der Waals surface area contributed by atoms with Gasteiger partial charge in [-0.05, 0) is 63.0 Å². The zero-order valence-corrected chi connectivity index (χ0v) is 14.1. The molecular formula is C18H31N3. The Kier molecular flexibility index (Phi) is 6.07. The Morgan fingerprint density at radius 1 is 1.14 bits per heavy atom. The highest BCUT2D eigenvalue weighted by Crippen LogP contribution is 2.25. The molecule has 0 amide bonds. The Morgan fingerprint density at radius 2 is 1.76 bits per heavy atom. The lowest BCUT2D eigenvalue weighted by atomic mass is 9.96. The predicted octanol–water partition coefficient (Wildman–Crippen LogP) is 3.14. The fraction of sp³-hybridized carbons (Fsp3) is 0.667. The summed E-state index contributed by atoms with van der Waals surface area (Å²) < 4.78 is 0. The van der Waals surface area contributed by atoms with Crippen LogP contribution in [0.1, 0.15) is 38.3 Å². The molecule has 0 bridgehead atoms. The van der Waals surface area contributed by atoms with Gasteiger partial charge in [-0.2, -0.15) is 0 Å². The van der Waals surface area contributed by atoms with Crippen molar-refractivity contribution < 1.29 is 0 Å². The van der Waals surface area contributed by atoms with Crippen molar-refractivity contribution in [1.29, 1.82) is 0 Å². The molecule has 0 saturated carbocycles. The fourth-order valence-corrected chi connectivity index (χ4v) is 3.22. The van der Waals surface area contributed by atoms with E-state index in [1.54, 1.807) is 0 Å². The third-order valence-electron chi connectivity index (χ3n) is 4.80. The monoisotopic (exact) mass is 289 g/mol. The van der Waals surface area contributed by atoms with Crippen molar-refractivity contribution in [2.75, 3.05) is 45.2 Å². The second kappa shape index (κ2) is 7.81. The SMILES string of the molecule is CCN(CC1CCNCC1)C(C)c1ccc(N(C)C)cc1. The predicted molar refractivity (Wildman–Crippen MR) is 92.0 cm³/mol. The first-order valence-corrected chi connectivity index (χ1v) is 8.34. The molecule has 1 heterocycles. The number of rotatable bonds is 6. The van der Waals surface area contributed by atoms with Gasteiger partial charge in [-0.15, -0.1) is 0 Å². The van der Waals surface area contributed by atoms with Crippen molar-refractivity contribution in [2.45, 2.75) is 32.7 Å². The van der Waals surface area contributed by atoms with Gasteiger partial charge in [0.05, 0.1) is 0 Å². The van der Waals surface area contributed by atoms with Crippen LogP contribution in [0.15, 0.2) is 24.3 Å². The van der Waals surface area contributed by atoms with E-state index in [1.807, 2.05) is 0 Å². The maximum Gasteiger partial charge on any atom is 0.0361 e. The molecule has 0 spiro atoms. The highest BCUT2D eigenvalue weighted by molar-refractivity contribution is 5.46. The third kappa shape index (κ3) is 4.45. The Bertz CT molecular complexity index is 407. The van der Waals surface area contributed by atoms with E-state index in [4.69, 9.17) is 0 Å². The van der Waals surface area contributed by atoms with Crippen LogP contribution in [0.25, 0.3) is 0 Å². The first-order valence-electron chi connectivity index (χ1n) is 8.34. The number of anilines is 1. The molecule has 1 saturated heterocycles. The van der Waals surface area contributed by atoms with Crippen LogP contribution < -0.4 is 10.2 Å². The quantitative estimate of drug-likeness (QED) is 0.868. The van der Waals surface area contributed by atoms with Crippen LogP contribution in [0.3, 0.4) is 0 Å². The van der Waals surface area contributed by atoms with Gasteiger partial charge in [0.25, 0.3) is 0 Å². The number of hydrogen-bond acceptors (Lipinski definition) is 3. The molecule has 0 radical (unpaired) electrons. The van der Waals surface area contributed by atoms with E-state index in [-0.39, 0.29) is 0 Å². The van der Waals surface area contributed by atoms with E-state index >= 15 is 0 Å². The van der Waals surface area contributed by atoms with Crippen LogP contribution in [-0.2, 0) is 0 Å². The molecule has 1 unspecified atom stereocenters. The van der Waals surface area contributed by atoms with E-state index in [2.05, 4.69) is 67.3 Å². The van der Waals surface area contributed by atoms with Gasteiger partial charge in [-0.1, -0.05) is 19.1 Å². The van der Waals surface area contributed by atoms with Crippen LogP contribution in [0.2, 0.25) is 0 Å². The minimum Gasteiger partial charge on any atom is -0.378 e. The average molecular weight is 289 g/mol. The van der Waals surface area contributed by atoms with Crippen LogP contribution in [0.4, 0.5) is 5.69 Å². The van der Waals surface area contributed by atoms with Crippen molar-refractivity contribution >= 4 is 5.69 Å². The largest absolute Gasteiger partial charge is 0.378 e. The zero-order chi connectivity index (χ0) is 15.2. The molecule has 118 valence electrons. The van der Waals surface area contributed by atoms with E-state index in [1.165, 1.54) is 43.7 Å². The Morgan fingerprint density at radius 3 is 2.29 bits per heavy atom. The normalized spacial score (nSPS) is 18.0.